The molecule has 0 amide bonds. The van der Waals surface area contributed by atoms with Gasteiger partial charge in [0.2, 0.25) is 6.08 Å². The van der Waals surface area contributed by atoms with Gasteiger partial charge in [0.05, 0.1) is 6.04 Å². The fourth-order valence-corrected chi connectivity index (χ4v) is 1.71. The van der Waals surface area contributed by atoms with Crippen LogP contribution in [0.4, 0.5) is 0 Å². The van der Waals surface area contributed by atoms with Crippen LogP contribution in [0.1, 0.15) is 32.6 Å². The third-order valence-electron chi connectivity index (χ3n) is 2.46. The van der Waals surface area contributed by atoms with Gasteiger partial charge in [0, 0.05) is 6.08 Å². The highest BCUT2D eigenvalue weighted by molar-refractivity contribution is 5.81. The Morgan fingerprint density at radius 1 is 1.40 bits per heavy atom. The van der Waals surface area contributed by atoms with Gasteiger partial charge >= 0.3 is 5.97 Å². The summed E-state index contributed by atoms with van der Waals surface area (Å²) in [5, 5.41) is 0. The molecule has 0 aromatic carbocycles. The first-order valence-electron chi connectivity index (χ1n) is 5.16. The molecule has 0 radical (unpaired) electrons. The van der Waals surface area contributed by atoms with Crippen molar-refractivity contribution in [2.24, 2.45) is 4.99 Å². The molecule has 0 N–H and O–H groups in total. The van der Waals surface area contributed by atoms with Crippen LogP contribution in [0.3, 0.4) is 0 Å². The van der Waals surface area contributed by atoms with Crippen molar-refractivity contribution in [3.63, 3.8) is 0 Å². The minimum absolute atomic E-state index is 0.0215. The molecule has 4 nitrogen and oxygen atoms in total. The van der Waals surface area contributed by atoms with E-state index in [9.17, 15) is 9.59 Å². The van der Waals surface area contributed by atoms with Crippen LogP contribution in [0.2, 0.25) is 0 Å². The molecule has 1 aliphatic rings. The molecule has 1 fully saturated rings. The first-order chi connectivity index (χ1) is 7.26. The van der Waals surface area contributed by atoms with E-state index in [4.69, 9.17) is 4.74 Å². The Morgan fingerprint density at radius 2 is 2.07 bits per heavy atom. The summed E-state index contributed by atoms with van der Waals surface area (Å²) in [6.07, 6.45) is 7.76. The summed E-state index contributed by atoms with van der Waals surface area (Å²) in [4.78, 5) is 24.8. The Morgan fingerprint density at radius 3 is 2.60 bits per heavy atom. The second-order valence-electron chi connectivity index (χ2n) is 3.59. The van der Waals surface area contributed by atoms with Gasteiger partial charge in [0.1, 0.15) is 6.10 Å². The quantitative estimate of drug-likeness (QED) is 0.308. The van der Waals surface area contributed by atoms with Crippen molar-refractivity contribution in [3.8, 4) is 0 Å². The summed E-state index contributed by atoms with van der Waals surface area (Å²) in [5.41, 5.74) is 0. The standard InChI is InChI=1S/C11H15NO3/c1-2-3-11(14)15-10-6-4-9(5-7-10)12-8-13/h2-3,9-10H,4-7H2,1H3. The molecular formula is C11H15NO3. The average Bonchev–Trinajstić information content (AvgIpc) is 2.22. The molecule has 0 bridgehead atoms. The largest absolute Gasteiger partial charge is 0.459 e. The van der Waals surface area contributed by atoms with Crippen LogP contribution >= 0.6 is 0 Å². The number of nitrogens with zero attached hydrogens (tertiary/aromatic N) is 1. The van der Waals surface area contributed by atoms with Crippen molar-refractivity contribution in [2.75, 3.05) is 0 Å². The molecule has 1 aliphatic carbocycles. The second kappa shape index (κ2) is 6.14. The molecule has 0 spiro atoms. The average molecular weight is 209 g/mol. The maximum absolute atomic E-state index is 11.1. The molecule has 4 heteroatoms. The number of rotatable bonds is 3. The first kappa shape index (κ1) is 11.7. The summed E-state index contributed by atoms with van der Waals surface area (Å²) in [5.74, 6) is -0.292. The maximum Gasteiger partial charge on any atom is 0.330 e. The van der Waals surface area contributed by atoms with E-state index in [1.54, 1.807) is 19.1 Å². The summed E-state index contributed by atoms with van der Waals surface area (Å²) >= 11 is 0. The molecule has 15 heavy (non-hydrogen) atoms. The first-order valence-corrected chi connectivity index (χ1v) is 5.16. The van der Waals surface area contributed by atoms with Crippen molar-refractivity contribution in [1.82, 2.24) is 0 Å². The predicted molar refractivity (Wildman–Crippen MR) is 55.1 cm³/mol. The zero-order valence-corrected chi connectivity index (χ0v) is 8.81. The van der Waals surface area contributed by atoms with Crippen LogP contribution in [0.25, 0.3) is 0 Å². The summed E-state index contributed by atoms with van der Waals surface area (Å²) in [6.45, 7) is 1.77. The molecule has 1 saturated carbocycles. The topological polar surface area (TPSA) is 55.7 Å². The Kier molecular flexibility index (Phi) is 4.78. The molecule has 1 rings (SSSR count). The Bertz CT molecular complexity index is 284. The number of isocyanates is 1. The third kappa shape index (κ3) is 4.09. The zero-order valence-electron chi connectivity index (χ0n) is 8.81. The van der Waals surface area contributed by atoms with E-state index in [-0.39, 0.29) is 18.1 Å². The number of allylic oxidation sites excluding steroid dienone is 1. The van der Waals surface area contributed by atoms with Crippen molar-refractivity contribution in [1.29, 1.82) is 0 Å². The lowest BCUT2D eigenvalue weighted by molar-refractivity contribution is -0.144. The molecule has 82 valence electrons. The summed E-state index contributed by atoms with van der Waals surface area (Å²) in [6, 6.07) is 0.0687. The number of aliphatic imine (C=N–C) groups is 1. The Hall–Kier alpha value is -1.41. The van der Waals surface area contributed by atoms with Gasteiger partial charge in [-0.25, -0.2) is 14.6 Å². The highest BCUT2D eigenvalue weighted by Gasteiger charge is 2.22. The minimum Gasteiger partial charge on any atom is -0.459 e. The smallest absolute Gasteiger partial charge is 0.330 e. The van der Waals surface area contributed by atoms with Gasteiger partial charge in [-0.2, -0.15) is 0 Å². The van der Waals surface area contributed by atoms with Gasteiger partial charge in [0.15, 0.2) is 0 Å². The van der Waals surface area contributed by atoms with Gasteiger partial charge < -0.3 is 4.74 Å². The van der Waals surface area contributed by atoms with Gasteiger partial charge in [-0.3, -0.25) is 0 Å². The molecule has 0 unspecified atom stereocenters. The van der Waals surface area contributed by atoms with E-state index < -0.39 is 0 Å². The highest BCUT2D eigenvalue weighted by Crippen LogP contribution is 2.23. The summed E-state index contributed by atoms with van der Waals surface area (Å²) in [7, 11) is 0. The SMILES string of the molecule is CC=CC(=O)OC1CCC(N=C=O)CC1. The predicted octanol–water partition coefficient (Wildman–Crippen LogP) is 1.75. The normalized spacial score (nSPS) is 25.9. The third-order valence-corrected chi connectivity index (χ3v) is 2.46. The van der Waals surface area contributed by atoms with Gasteiger partial charge in [-0.1, -0.05) is 6.08 Å². The van der Waals surface area contributed by atoms with E-state index in [2.05, 4.69) is 4.99 Å². The van der Waals surface area contributed by atoms with E-state index in [1.165, 1.54) is 6.08 Å². The lowest BCUT2D eigenvalue weighted by Gasteiger charge is -2.24. The lowest BCUT2D eigenvalue weighted by Crippen LogP contribution is -2.25. The number of esters is 1. The fourth-order valence-electron chi connectivity index (χ4n) is 1.71. The van der Waals surface area contributed by atoms with E-state index in [0.29, 0.717) is 0 Å². The maximum atomic E-state index is 11.1. The van der Waals surface area contributed by atoms with Crippen LogP contribution in [-0.2, 0) is 14.3 Å². The number of hydrogen-bond donors (Lipinski definition) is 0. The summed E-state index contributed by atoms with van der Waals surface area (Å²) < 4.78 is 5.19. The van der Waals surface area contributed by atoms with E-state index in [0.717, 1.165) is 25.7 Å². The molecule has 0 aromatic rings. The van der Waals surface area contributed by atoms with Crippen molar-refractivity contribution < 1.29 is 14.3 Å². The van der Waals surface area contributed by atoms with E-state index >= 15 is 0 Å². The molecule has 0 heterocycles. The number of ether oxygens (including phenoxy) is 1. The van der Waals surface area contributed by atoms with E-state index in [1.807, 2.05) is 0 Å². The lowest BCUT2D eigenvalue weighted by atomic mass is 9.93. The zero-order chi connectivity index (χ0) is 11.1. The minimum atomic E-state index is -0.292. The van der Waals surface area contributed by atoms with Crippen LogP contribution in [0.15, 0.2) is 17.1 Å². The number of carbonyl (C=O) groups is 1. The molecule has 0 atom stereocenters. The molecule has 0 aliphatic heterocycles. The van der Waals surface area contributed by atoms with Gasteiger partial charge in [0.25, 0.3) is 0 Å². The highest BCUT2D eigenvalue weighted by atomic mass is 16.5. The monoisotopic (exact) mass is 209 g/mol. The van der Waals surface area contributed by atoms with Crippen molar-refractivity contribution >= 4 is 12.0 Å². The van der Waals surface area contributed by atoms with Crippen molar-refractivity contribution in [3.05, 3.63) is 12.2 Å². The molecule has 0 saturated heterocycles. The van der Waals surface area contributed by atoms with Crippen LogP contribution in [-0.4, -0.2) is 24.2 Å². The molecular weight excluding hydrogens is 194 g/mol. The number of hydrogen-bond acceptors (Lipinski definition) is 4. The van der Waals surface area contributed by atoms with Crippen LogP contribution in [0, 0.1) is 0 Å². The van der Waals surface area contributed by atoms with Crippen LogP contribution < -0.4 is 0 Å². The Labute approximate surface area is 89.0 Å². The van der Waals surface area contributed by atoms with Crippen molar-refractivity contribution in [2.45, 2.75) is 44.8 Å². The number of carbonyl (C=O) groups excluding carboxylic acids is 2. The van der Waals surface area contributed by atoms with Gasteiger partial charge in [-0.15, -0.1) is 0 Å². The Balaban J connectivity index is 2.31. The second-order valence-corrected chi connectivity index (χ2v) is 3.59. The molecule has 0 aromatic heterocycles. The van der Waals surface area contributed by atoms with Gasteiger partial charge in [-0.05, 0) is 32.6 Å². The van der Waals surface area contributed by atoms with Crippen LogP contribution in [0.5, 0.6) is 0 Å². The fraction of sp³-hybridized carbons (Fsp3) is 0.636.